The third kappa shape index (κ3) is 2.35. The summed E-state index contributed by atoms with van der Waals surface area (Å²) in [5, 5.41) is 0. The van der Waals surface area contributed by atoms with E-state index in [1.807, 2.05) is 12.1 Å². The predicted molar refractivity (Wildman–Crippen MR) is 82.0 cm³/mol. The molecule has 1 aromatic rings. The number of carbonyl (C=O) groups is 1. The molecule has 0 aromatic heterocycles. The smallest absolute Gasteiger partial charge is 0.252 e. The number of nitrogens with two attached hydrogens (primary N) is 2. The lowest BCUT2D eigenvalue weighted by Crippen LogP contribution is -2.31. The summed E-state index contributed by atoms with van der Waals surface area (Å²) in [6.45, 7) is 0. The zero-order valence-corrected chi connectivity index (χ0v) is 12.7. The number of amides is 1. The third-order valence-electron chi connectivity index (χ3n) is 4.70. The summed E-state index contributed by atoms with van der Waals surface area (Å²) in [7, 11) is 0. The van der Waals surface area contributed by atoms with Gasteiger partial charge in [-0.25, -0.2) is 0 Å². The molecule has 4 atom stereocenters. The average Bonchev–Trinajstić information content (AvgIpc) is 2.99. The van der Waals surface area contributed by atoms with Crippen molar-refractivity contribution in [2.24, 2.45) is 34.2 Å². The van der Waals surface area contributed by atoms with E-state index < -0.39 is 0 Å². The maximum Gasteiger partial charge on any atom is 0.252 e. The fraction of sp³-hybridized carbons (Fsp3) is 0.467. The van der Waals surface area contributed by atoms with E-state index in [9.17, 15) is 4.79 Å². The topological polar surface area (TPSA) is 81.5 Å². The molecule has 2 bridgehead atoms. The van der Waals surface area contributed by atoms with Gasteiger partial charge in [-0.05, 0) is 54.7 Å². The molecule has 4 nitrogen and oxygen atoms in total. The van der Waals surface area contributed by atoms with Crippen molar-refractivity contribution in [2.75, 3.05) is 0 Å². The highest BCUT2D eigenvalue weighted by atomic mass is 79.9. The summed E-state index contributed by atoms with van der Waals surface area (Å²) >= 11 is 3.45. The standard InChI is InChI=1S/C15H18BrN3O/c16-11-5-3-8(4-6-11)12-9-1-2-10(7-9)13(12)14(20)19-15(17)18/h3-6,9-10,12-13H,1-2,7H2,(H4,17,18,19,20)/t9?,10?,12-,13-/m1/s1. The molecule has 5 heteroatoms. The minimum absolute atomic E-state index is 0.0583. The van der Waals surface area contributed by atoms with Crippen LogP contribution in [0.3, 0.4) is 0 Å². The lowest BCUT2D eigenvalue weighted by Gasteiger charge is -2.29. The van der Waals surface area contributed by atoms with E-state index in [4.69, 9.17) is 11.5 Å². The van der Waals surface area contributed by atoms with Crippen LogP contribution in [-0.4, -0.2) is 11.9 Å². The molecule has 3 rings (SSSR count). The first-order valence-corrected chi connectivity index (χ1v) is 7.74. The Morgan fingerprint density at radius 3 is 2.45 bits per heavy atom. The number of fused-ring (bicyclic) bond motifs is 2. The van der Waals surface area contributed by atoms with Crippen LogP contribution in [0.5, 0.6) is 0 Å². The van der Waals surface area contributed by atoms with Crippen LogP contribution in [0.15, 0.2) is 33.7 Å². The molecular weight excluding hydrogens is 318 g/mol. The zero-order chi connectivity index (χ0) is 14.3. The highest BCUT2D eigenvalue weighted by Crippen LogP contribution is 2.57. The van der Waals surface area contributed by atoms with Gasteiger partial charge in [0.2, 0.25) is 0 Å². The van der Waals surface area contributed by atoms with Gasteiger partial charge in [0.05, 0.1) is 5.92 Å². The van der Waals surface area contributed by atoms with Gasteiger partial charge in [0.1, 0.15) is 0 Å². The Hall–Kier alpha value is -1.36. The van der Waals surface area contributed by atoms with Crippen molar-refractivity contribution < 1.29 is 4.79 Å². The van der Waals surface area contributed by atoms with Crippen molar-refractivity contribution in [1.82, 2.24) is 0 Å². The fourth-order valence-electron chi connectivity index (χ4n) is 4.01. The SMILES string of the molecule is NC(N)=NC(=O)[C@@H]1C2CCC(C2)[C@H]1c1ccc(Br)cc1. The molecule has 1 amide bonds. The van der Waals surface area contributed by atoms with Crippen molar-refractivity contribution in [1.29, 1.82) is 0 Å². The minimum atomic E-state index is -0.148. The van der Waals surface area contributed by atoms with Gasteiger partial charge in [-0.3, -0.25) is 4.79 Å². The Bertz CT molecular complexity index is 551. The first kappa shape index (κ1) is 13.6. The van der Waals surface area contributed by atoms with E-state index >= 15 is 0 Å². The Balaban J connectivity index is 1.93. The summed E-state index contributed by atoms with van der Waals surface area (Å²) < 4.78 is 1.05. The van der Waals surface area contributed by atoms with Gasteiger partial charge in [0, 0.05) is 4.47 Å². The molecule has 0 radical (unpaired) electrons. The Morgan fingerprint density at radius 2 is 1.80 bits per heavy atom. The summed E-state index contributed by atoms with van der Waals surface area (Å²) in [6, 6.07) is 8.27. The predicted octanol–water partition coefficient (Wildman–Crippen LogP) is 2.38. The van der Waals surface area contributed by atoms with Crippen LogP contribution >= 0.6 is 15.9 Å². The number of hydrogen-bond donors (Lipinski definition) is 2. The molecule has 2 unspecified atom stereocenters. The molecule has 2 fully saturated rings. The van der Waals surface area contributed by atoms with E-state index in [0.717, 1.165) is 17.3 Å². The molecule has 2 saturated carbocycles. The van der Waals surface area contributed by atoms with Crippen molar-refractivity contribution in [2.45, 2.75) is 25.2 Å². The molecule has 2 aliphatic rings. The normalized spacial score (nSPS) is 31.2. The van der Waals surface area contributed by atoms with Crippen molar-refractivity contribution in [3.05, 3.63) is 34.3 Å². The summed E-state index contributed by atoms with van der Waals surface area (Å²) in [5.41, 5.74) is 12.0. The molecule has 0 heterocycles. The summed E-state index contributed by atoms with van der Waals surface area (Å²) in [6.07, 6.45) is 3.45. The van der Waals surface area contributed by atoms with E-state index in [1.54, 1.807) is 0 Å². The maximum atomic E-state index is 12.3. The lowest BCUT2D eigenvalue weighted by atomic mass is 9.75. The number of benzene rings is 1. The Labute approximate surface area is 126 Å². The second-order valence-corrected chi connectivity index (χ2v) is 6.73. The van der Waals surface area contributed by atoms with E-state index in [1.165, 1.54) is 12.0 Å². The van der Waals surface area contributed by atoms with Crippen LogP contribution in [0.4, 0.5) is 0 Å². The molecule has 2 aliphatic carbocycles. The van der Waals surface area contributed by atoms with Crippen molar-refractivity contribution >= 4 is 27.8 Å². The van der Waals surface area contributed by atoms with Crippen molar-refractivity contribution in [3.63, 3.8) is 0 Å². The van der Waals surface area contributed by atoms with Gasteiger partial charge < -0.3 is 11.5 Å². The molecule has 0 spiro atoms. The number of carbonyl (C=O) groups excluding carboxylic acids is 1. The Kier molecular flexibility index (Phi) is 3.54. The van der Waals surface area contributed by atoms with Gasteiger partial charge in [-0.1, -0.05) is 28.1 Å². The van der Waals surface area contributed by atoms with Crippen LogP contribution in [0.2, 0.25) is 0 Å². The molecule has 20 heavy (non-hydrogen) atoms. The first-order valence-electron chi connectivity index (χ1n) is 6.95. The van der Waals surface area contributed by atoms with Crippen LogP contribution in [0.1, 0.15) is 30.7 Å². The lowest BCUT2D eigenvalue weighted by molar-refractivity contribution is -0.123. The zero-order valence-electron chi connectivity index (χ0n) is 11.1. The van der Waals surface area contributed by atoms with Gasteiger partial charge in [0.15, 0.2) is 5.96 Å². The molecule has 0 aliphatic heterocycles. The van der Waals surface area contributed by atoms with E-state index in [0.29, 0.717) is 11.8 Å². The summed E-state index contributed by atoms with van der Waals surface area (Å²) in [5.74, 6) is 0.945. The quantitative estimate of drug-likeness (QED) is 0.643. The summed E-state index contributed by atoms with van der Waals surface area (Å²) in [4.78, 5) is 16.1. The number of hydrogen-bond acceptors (Lipinski definition) is 1. The third-order valence-corrected chi connectivity index (χ3v) is 5.22. The van der Waals surface area contributed by atoms with E-state index in [2.05, 4.69) is 33.1 Å². The number of nitrogens with zero attached hydrogens (tertiary/aromatic N) is 1. The monoisotopic (exact) mass is 335 g/mol. The highest BCUT2D eigenvalue weighted by molar-refractivity contribution is 9.10. The minimum Gasteiger partial charge on any atom is -0.370 e. The van der Waals surface area contributed by atoms with Crippen LogP contribution in [0, 0.1) is 17.8 Å². The van der Waals surface area contributed by atoms with Crippen LogP contribution in [0.25, 0.3) is 0 Å². The van der Waals surface area contributed by atoms with Gasteiger partial charge in [-0.2, -0.15) is 4.99 Å². The van der Waals surface area contributed by atoms with E-state index in [-0.39, 0.29) is 23.7 Å². The van der Waals surface area contributed by atoms with Crippen LogP contribution < -0.4 is 11.5 Å². The number of halogens is 1. The largest absolute Gasteiger partial charge is 0.370 e. The Morgan fingerprint density at radius 1 is 1.15 bits per heavy atom. The average molecular weight is 336 g/mol. The molecule has 1 aromatic carbocycles. The van der Waals surface area contributed by atoms with Crippen LogP contribution in [-0.2, 0) is 4.79 Å². The van der Waals surface area contributed by atoms with Gasteiger partial charge in [0.25, 0.3) is 5.91 Å². The number of guanidine groups is 1. The first-order chi connectivity index (χ1) is 9.56. The second-order valence-electron chi connectivity index (χ2n) is 5.81. The molecule has 4 N–H and O–H groups in total. The fourth-order valence-corrected chi connectivity index (χ4v) is 4.28. The van der Waals surface area contributed by atoms with Gasteiger partial charge in [-0.15, -0.1) is 0 Å². The highest BCUT2D eigenvalue weighted by Gasteiger charge is 2.51. The second kappa shape index (κ2) is 5.20. The number of aliphatic imine (C=N–C) groups is 1. The number of rotatable bonds is 2. The van der Waals surface area contributed by atoms with Gasteiger partial charge >= 0.3 is 0 Å². The maximum absolute atomic E-state index is 12.3. The molecular formula is C15H18BrN3O. The molecule has 0 saturated heterocycles. The molecule has 106 valence electrons. The van der Waals surface area contributed by atoms with Crippen molar-refractivity contribution in [3.8, 4) is 0 Å².